The van der Waals surface area contributed by atoms with Crippen molar-refractivity contribution in [1.29, 1.82) is 0 Å². The topological polar surface area (TPSA) is 51.0 Å². The van der Waals surface area contributed by atoms with Crippen LogP contribution in [0.25, 0.3) is 0 Å². The van der Waals surface area contributed by atoms with Crippen molar-refractivity contribution in [3.05, 3.63) is 35.9 Å². The monoisotopic (exact) mass is 274 g/mol. The molecule has 0 unspecified atom stereocenters. The highest BCUT2D eigenvalue weighted by Crippen LogP contribution is 2.14. The van der Waals surface area contributed by atoms with Gasteiger partial charge in [-0.15, -0.1) is 0 Å². The van der Waals surface area contributed by atoms with E-state index >= 15 is 0 Å². The van der Waals surface area contributed by atoms with Crippen molar-refractivity contribution < 1.29 is 4.79 Å². The molecule has 2 N–H and O–H groups in total. The van der Waals surface area contributed by atoms with E-state index < -0.39 is 0 Å². The third-order valence-electron chi connectivity index (χ3n) is 4.04. The Morgan fingerprint density at radius 1 is 1.25 bits per heavy atom. The zero-order valence-electron chi connectivity index (χ0n) is 12.7. The highest BCUT2D eigenvalue weighted by molar-refractivity contribution is 5.86. The predicted molar refractivity (Wildman–Crippen MR) is 82.8 cm³/mol. The molecule has 0 amide bonds. The summed E-state index contributed by atoms with van der Waals surface area (Å²) in [5.41, 5.74) is 1.10. The summed E-state index contributed by atoms with van der Waals surface area (Å²) in [5.74, 6) is 0.616. The normalized spacial score (nSPS) is 22.8. The molecule has 0 spiro atoms. The lowest BCUT2D eigenvalue weighted by molar-refractivity contribution is -0.121. The van der Waals surface area contributed by atoms with Gasteiger partial charge in [0, 0.05) is 25.0 Å². The van der Waals surface area contributed by atoms with Crippen molar-refractivity contribution in [2.75, 3.05) is 6.54 Å². The molecular formula is C17H26N2O. The van der Waals surface area contributed by atoms with Gasteiger partial charge in [0.25, 0.3) is 0 Å². The van der Waals surface area contributed by atoms with Crippen LogP contribution in [0.3, 0.4) is 0 Å². The Bertz CT molecular complexity index is 430. The Morgan fingerprint density at radius 3 is 2.50 bits per heavy atom. The lowest BCUT2D eigenvalue weighted by Gasteiger charge is -2.21. The molecule has 1 fully saturated rings. The van der Waals surface area contributed by atoms with Crippen molar-refractivity contribution in [2.24, 2.45) is 5.92 Å². The van der Waals surface area contributed by atoms with Crippen LogP contribution in [-0.4, -0.2) is 30.5 Å². The molecule has 0 bridgehead atoms. The Kier molecular flexibility index (Phi) is 5.32. The van der Waals surface area contributed by atoms with E-state index in [9.17, 15) is 4.79 Å². The van der Waals surface area contributed by atoms with Gasteiger partial charge in [-0.2, -0.15) is 0 Å². The second-order valence-electron chi connectivity index (χ2n) is 6.05. The molecule has 1 heterocycles. The molecule has 1 saturated heterocycles. The summed E-state index contributed by atoms with van der Waals surface area (Å²) in [6.45, 7) is 7.30. The third kappa shape index (κ3) is 4.15. The summed E-state index contributed by atoms with van der Waals surface area (Å²) in [6.07, 6.45) is 1.68. The standard InChI is InChI=1S/C17H26N2O/c1-4-14-15(19-14)11-18-17(12(2)3)16(20)10-13-8-6-5-7-9-13/h5-9,12,14-15,17-19H,4,10-11H2,1-3H3/t14-,15+,17-/m0/s1. The molecule has 0 saturated carbocycles. The van der Waals surface area contributed by atoms with Gasteiger partial charge in [-0.3, -0.25) is 4.79 Å². The molecule has 1 aliphatic heterocycles. The molecule has 3 heteroatoms. The molecular weight excluding hydrogens is 248 g/mol. The highest BCUT2D eigenvalue weighted by Gasteiger charge is 2.35. The molecule has 1 aromatic rings. The Balaban J connectivity index is 1.86. The van der Waals surface area contributed by atoms with E-state index in [1.807, 2.05) is 30.3 Å². The molecule has 110 valence electrons. The molecule has 1 aromatic carbocycles. The van der Waals surface area contributed by atoms with Gasteiger partial charge in [0.15, 0.2) is 5.78 Å². The summed E-state index contributed by atoms with van der Waals surface area (Å²) in [7, 11) is 0. The average Bonchev–Trinajstić information content (AvgIpc) is 3.18. The van der Waals surface area contributed by atoms with E-state index in [0.29, 0.717) is 30.2 Å². The van der Waals surface area contributed by atoms with Crippen LogP contribution in [0.15, 0.2) is 30.3 Å². The zero-order chi connectivity index (χ0) is 14.5. The SMILES string of the molecule is CC[C@@H]1N[C@@H]1CN[C@H](C(=O)Cc1ccccc1)C(C)C. The smallest absolute Gasteiger partial charge is 0.154 e. The maximum absolute atomic E-state index is 12.5. The van der Waals surface area contributed by atoms with Gasteiger partial charge in [0.2, 0.25) is 0 Å². The maximum Gasteiger partial charge on any atom is 0.154 e. The number of carbonyl (C=O) groups is 1. The van der Waals surface area contributed by atoms with Gasteiger partial charge in [0.05, 0.1) is 6.04 Å². The van der Waals surface area contributed by atoms with Crippen LogP contribution < -0.4 is 10.6 Å². The van der Waals surface area contributed by atoms with Gasteiger partial charge in [0.1, 0.15) is 0 Å². The zero-order valence-corrected chi connectivity index (χ0v) is 12.7. The fourth-order valence-electron chi connectivity index (χ4n) is 2.71. The van der Waals surface area contributed by atoms with E-state index in [4.69, 9.17) is 0 Å². The van der Waals surface area contributed by atoms with Crippen molar-refractivity contribution >= 4 is 5.78 Å². The van der Waals surface area contributed by atoms with Crippen molar-refractivity contribution in [2.45, 2.75) is 51.7 Å². The van der Waals surface area contributed by atoms with Crippen LogP contribution in [0.5, 0.6) is 0 Å². The van der Waals surface area contributed by atoms with Crippen LogP contribution in [0.4, 0.5) is 0 Å². The van der Waals surface area contributed by atoms with Crippen molar-refractivity contribution in [3.63, 3.8) is 0 Å². The van der Waals surface area contributed by atoms with Gasteiger partial charge in [-0.1, -0.05) is 51.1 Å². The molecule has 0 aliphatic carbocycles. The second kappa shape index (κ2) is 7.00. The van der Waals surface area contributed by atoms with Gasteiger partial charge >= 0.3 is 0 Å². The largest absolute Gasteiger partial charge is 0.307 e. The molecule has 1 aliphatic rings. The first-order valence-corrected chi connectivity index (χ1v) is 7.68. The fraction of sp³-hybridized carbons (Fsp3) is 0.588. The lowest BCUT2D eigenvalue weighted by atomic mass is 9.95. The number of benzene rings is 1. The van der Waals surface area contributed by atoms with E-state index in [1.54, 1.807) is 0 Å². The Labute approximate surface area is 122 Å². The average molecular weight is 274 g/mol. The summed E-state index contributed by atoms with van der Waals surface area (Å²) in [6, 6.07) is 11.1. The van der Waals surface area contributed by atoms with Crippen LogP contribution in [-0.2, 0) is 11.2 Å². The molecule has 3 nitrogen and oxygen atoms in total. The van der Waals surface area contributed by atoms with Gasteiger partial charge in [-0.05, 0) is 17.9 Å². The van der Waals surface area contributed by atoms with E-state index in [-0.39, 0.29) is 6.04 Å². The first kappa shape index (κ1) is 15.2. The van der Waals surface area contributed by atoms with Crippen molar-refractivity contribution in [3.8, 4) is 0 Å². The summed E-state index contributed by atoms with van der Waals surface area (Å²) in [4.78, 5) is 12.5. The minimum Gasteiger partial charge on any atom is -0.307 e. The number of carbonyl (C=O) groups excluding carboxylic acids is 1. The van der Waals surface area contributed by atoms with E-state index in [1.165, 1.54) is 0 Å². The van der Waals surface area contributed by atoms with Crippen LogP contribution in [0, 0.1) is 5.92 Å². The number of Topliss-reactive ketones (excluding diaryl/α,β-unsaturated/α-hetero) is 1. The third-order valence-corrected chi connectivity index (χ3v) is 4.04. The lowest BCUT2D eigenvalue weighted by Crippen LogP contribution is -2.44. The Hall–Kier alpha value is -1.19. The van der Waals surface area contributed by atoms with Gasteiger partial charge < -0.3 is 10.6 Å². The quantitative estimate of drug-likeness (QED) is 0.714. The number of hydrogen-bond donors (Lipinski definition) is 2. The predicted octanol–water partition coefficient (Wildman–Crippen LogP) is 2.16. The minimum atomic E-state index is -0.0462. The van der Waals surface area contributed by atoms with Crippen LogP contribution in [0.1, 0.15) is 32.8 Å². The first-order valence-electron chi connectivity index (χ1n) is 7.68. The van der Waals surface area contributed by atoms with E-state index in [0.717, 1.165) is 18.5 Å². The summed E-state index contributed by atoms with van der Waals surface area (Å²) >= 11 is 0. The Morgan fingerprint density at radius 2 is 1.95 bits per heavy atom. The molecule has 20 heavy (non-hydrogen) atoms. The molecule has 0 radical (unpaired) electrons. The van der Waals surface area contributed by atoms with E-state index in [2.05, 4.69) is 31.4 Å². The molecule has 3 atom stereocenters. The number of nitrogens with one attached hydrogen (secondary N) is 2. The summed E-state index contributed by atoms with van der Waals surface area (Å²) < 4.78 is 0. The van der Waals surface area contributed by atoms with Crippen LogP contribution in [0.2, 0.25) is 0 Å². The fourth-order valence-corrected chi connectivity index (χ4v) is 2.71. The summed E-state index contributed by atoms with van der Waals surface area (Å²) in [5, 5.41) is 6.88. The van der Waals surface area contributed by atoms with Crippen LogP contribution >= 0.6 is 0 Å². The van der Waals surface area contributed by atoms with Crippen molar-refractivity contribution in [1.82, 2.24) is 10.6 Å². The first-order chi connectivity index (χ1) is 9.61. The minimum absolute atomic E-state index is 0.0462. The second-order valence-corrected chi connectivity index (χ2v) is 6.05. The highest BCUT2D eigenvalue weighted by atomic mass is 16.1. The molecule has 0 aromatic heterocycles. The number of rotatable bonds is 8. The molecule has 2 rings (SSSR count). The van der Waals surface area contributed by atoms with Gasteiger partial charge in [-0.25, -0.2) is 0 Å². The number of hydrogen-bond acceptors (Lipinski definition) is 3. The number of ketones is 1. The maximum atomic E-state index is 12.5.